The van der Waals surface area contributed by atoms with Gasteiger partial charge in [-0.2, -0.15) is 0 Å². The average Bonchev–Trinajstić information content (AvgIpc) is 2.91. The number of ether oxygens (including phenoxy) is 5. The molecule has 10 nitrogen and oxygen atoms in total. The van der Waals surface area contributed by atoms with Crippen LogP contribution in [0.4, 0.5) is 0 Å². The first-order valence-electron chi connectivity index (χ1n) is 8.69. The van der Waals surface area contributed by atoms with Crippen LogP contribution in [-0.2, 0) is 9.47 Å². The van der Waals surface area contributed by atoms with Crippen molar-refractivity contribution in [1.29, 1.82) is 0 Å². The second kappa shape index (κ2) is 6.63. The summed E-state index contributed by atoms with van der Waals surface area (Å²) in [5.74, 6) is -3.85. The van der Waals surface area contributed by atoms with Gasteiger partial charge in [-0.1, -0.05) is 0 Å². The molecule has 1 atom stereocenters. The molecule has 0 saturated carbocycles. The highest BCUT2D eigenvalue weighted by Crippen LogP contribution is 2.53. The molecule has 0 bridgehead atoms. The van der Waals surface area contributed by atoms with Crippen molar-refractivity contribution in [3.63, 3.8) is 0 Å². The standard InChI is InChI=1S/C20H16O10/c1-6-5-8(26-3)10(17(22)27-4)15-9(6)18(23)29-14-7(2)13(21)11-12(16(14)28-15)20(25)30-19(11)24/h5,20-21,25H,1-4H3/t20-/m0/s1. The van der Waals surface area contributed by atoms with Gasteiger partial charge in [0.15, 0.2) is 17.2 Å². The van der Waals surface area contributed by atoms with Crippen molar-refractivity contribution in [3.05, 3.63) is 39.4 Å². The fourth-order valence-corrected chi connectivity index (χ4v) is 3.53. The lowest BCUT2D eigenvalue weighted by Crippen LogP contribution is -2.14. The van der Waals surface area contributed by atoms with Crippen molar-refractivity contribution in [1.82, 2.24) is 0 Å². The van der Waals surface area contributed by atoms with Crippen molar-refractivity contribution in [2.75, 3.05) is 14.2 Å². The molecule has 0 aromatic heterocycles. The third-order valence-corrected chi connectivity index (χ3v) is 4.98. The van der Waals surface area contributed by atoms with E-state index >= 15 is 0 Å². The molecular weight excluding hydrogens is 400 g/mol. The summed E-state index contributed by atoms with van der Waals surface area (Å²) in [4.78, 5) is 37.5. The van der Waals surface area contributed by atoms with Gasteiger partial charge in [0, 0.05) is 5.56 Å². The third kappa shape index (κ3) is 2.50. The van der Waals surface area contributed by atoms with E-state index in [4.69, 9.17) is 23.7 Å². The monoisotopic (exact) mass is 416 g/mol. The fourth-order valence-electron chi connectivity index (χ4n) is 3.53. The van der Waals surface area contributed by atoms with Gasteiger partial charge in [-0.15, -0.1) is 0 Å². The van der Waals surface area contributed by atoms with E-state index in [1.807, 2.05) is 0 Å². The minimum Gasteiger partial charge on any atom is -0.507 e. The number of rotatable bonds is 2. The van der Waals surface area contributed by atoms with Crippen LogP contribution in [-0.4, -0.2) is 42.3 Å². The van der Waals surface area contributed by atoms with E-state index in [1.165, 1.54) is 20.1 Å². The Kier molecular flexibility index (Phi) is 4.31. The van der Waals surface area contributed by atoms with E-state index in [1.54, 1.807) is 6.92 Å². The summed E-state index contributed by atoms with van der Waals surface area (Å²) in [6.45, 7) is 2.98. The summed E-state index contributed by atoms with van der Waals surface area (Å²) in [6.07, 6.45) is -1.78. The first-order chi connectivity index (χ1) is 14.2. The number of cyclic esters (lactones) is 1. The summed E-state index contributed by atoms with van der Waals surface area (Å²) < 4.78 is 26.2. The molecule has 156 valence electrons. The smallest absolute Gasteiger partial charge is 0.347 e. The molecule has 2 aliphatic heterocycles. The van der Waals surface area contributed by atoms with Crippen LogP contribution in [0.2, 0.25) is 0 Å². The minimum atomic E-state index is -1.78. The van der Waals surface area contributed by atoms with Gasteiger partial charge in [-0.25, -0.2) is 14.4 Å². The second-order valence-corrected chi connectivity index (χ2v) is 6.64. The van der Waals surface area contributed by atoms with Crippen LogP contribution >= 0.6 is 0 Å². The zero-order valence-electron chi connectivity index (χ0n) is 16.3. The summed E-state index contributed by atoms with van der Waals surface area (Å²) in [7, 11) is 2.47. The Bertz CT molecular complexity index is 1150. The van der Waals surface area contributed by atoms with Gasteiger partial charge < -0.3 is 33.9 Å². The Balaban J connectivity index is 2.10. The molecule has 2 heterocycles. The number of esters is 3. The molecule has 0 spiro atoms. The summed E-state index contributed by atoms with van der Waals surface area (Å²) in [6, 6.07) is 1.45. The van der Waals surface area contributed by atoms with Crippen LogP contribution in [0.3, 0.4) is 0 Å². The highest BCUT2D eigenvalue weighted by molar-refractivity contribution is 6.06. The van der Waals surface area contributed by atoms with E-state index in [-0.39, 0.29) is 50.8 Å². The highest BCUT2D eigenvalue weighted by atomic mass is 16.6. The number of aliphatic hydroxyl groups excluding tert-OH is 1. The molecule has 0 unspecified atom stereocenters. The van der Waals surface area contributed by atoms with Crippen LogP contribution in [0, 0.1) is 13.8 Å². The number of methoxy groups -OCH3 is 2. The number of hydrogen-bond acceptors (Lipinski definition) is 10. The predicted molar refractivity (Wildman–Crippen MR) is 97.3 cm³/mol. The Morgan fingerprint density at radius 2 is 1.73 bits per heavy atom. The zero-order chi connectivity index (χ0) is 21.9. The number of fused-ring (bicyclic) bond motifs is 4. The first kappa shape index (κ1) is 19.5. The summed E-state index contributed by atoms with van der Waals surface area (Å²) in [5.41, 5.74) is -0.434. The Morgan fingerprint density at radius 1 is 1.03 bits per heavy atom. The van der Waals surface area contributed by atoms with E-state index in [9.17, 15) is 24.6 Å². The zero-order valence-corrected chi connectivity index (χ0v) is 16.3. The fraction of sp³-hybridized carbons (Fsp3) is 0.250. The maximum absolute atomic E-state index is 12.9. The molecule has 30 heavy (non-hydrogen) atoms. The van der Waals surface area contributed by atoms with Crippen LogP contribution in [0.5, 0.6) is 28.7 Å². The van der Waals surface area contributed by atoms with Gasteiger partial charge >= 0.3 is 17.9 Å². The largest absolute Gasteiger partial charge is 0.507 e. The number of aromatic hydroxyl groups is 1. The molecule has 0 aliphatic carbocycles. The molecule has 2 aliphatic rings. The second-order valence-electron chi connectivity index (χ2n) is 6.64. The lowest BCUT2D eigenvalue weighted by atomic mass is 10.0. The molecular formula is C20H16O10. The Hall–Kier alpha value is -3.79. The van der Waals surface area contributed by atoms with Crippen LogP contribution in [0.1, 0.15) is 54.1 Å². The number of aliphatic hydroxyl groups is 1. The molecule has 4 rings (SSSR count). The van der Waals surface area contributed by atoms with Gasteiger partial charge in [0.25, 0.3) is 0 Å². The molecule has 10 heteroatoms. The van der Waals surface area contributed by atoms with Crippen LogP contribution in [0.25, 0.3) is 0 Å². The van der Waals surface area contributed by atoms with Crippen molar-refractivity contribution >= 4 is 17.9 Å². The van der Waals surface area contributed by atoms with Gasteiger partial charge in [0.1, 0.15) is 28.2 Å². The number of phenolic OH excluding ortho intramolecular Hbond substituents is 1. The van der Waals surface area contributed by atoms with Crippen LogP contribution < -0.4 is 14.2 Å². The van der Waals surface area contributed by atoms with E-state index in [0.29, 0.717) is 5.56 Å². The molecule has 0 saturated heterocycles. The molecule has 2 N–H and O–H groups in total. The van der Waals surface area contributed by atoms with Crippen molar-refractivity contribution in [2.45, 2.75) is 20.1 Å². The normalized spacial score (nSPS) is 16.4. The number of phenols is 1. The Morgan fingerprint density at radius 3 is 2.37 bits per heavy atom. The van der Waals surface area contributed by atoms with Gasteiger partial charge in [0.2, 0.25) is 6.29 Å². The number of hydrogen-bond donors (Lipinski definition) is 2. The van der Waals surface area contributed by atoms with E-state index in [2.05, 4.69) is 0 Å². The summed E-state index contributed by atoms with van der Waals surface area (Å²) >= 11 is 0. The lowest BCUT2D eigenvalue weighted by molar-refractivity contribution is -0.0555. The topological polar surface area (TPSA) is 138 Å². The SMILES string of the molecule is COC(=O)c1c(OC)cc(C)c2c1Oc1c(c(C)c(O)c3c1[C@@H](O)OC3=O)OC2=O. The molecule has 0 amide bonds. The molecule has 2 aromatic rings. The predicted octanol–water partition coefficient (Wildman–Crippen LogP) is 2.29. The molecule has 0 radical (unpaired) electrons. The van der Waals surface area contributed by atoms with Gasteiger partial charge in [0.05, 0.1) is 19.8 Å². The highest BCUT2D eigenvalue weighted by Gasteiger charge is 2.43. The van der Waals surface area contributed by atoms with Gasteiger partial charge in [-0.3, -0.25) is 0 Å². The summed E-state index contributed by atoms with van der Waals surface area (Å²) in [5, 5.41) is 20.6. The maximum Gasteiger partial charge on any atom is 0.347 e. The number of carbonyl (C=O) groups is 3. The van der Waals surface area contributed by atoms with Crippen molar-refractivity contribution in [2.24, 2.45) is 0 Å². The Labute approximate surface area is 169 Å². The molecule has 2 aromatic carbocycles. The van der Waals surface area contributed by atoms with Crippen molar-refractivity contribution < 1.29 is 48.3 Å². The molecule has 0 fully saturated rings. The van der Waals surface area contributed by atoms with Crippen molar-refractivity contribution in [3.8, 4) is 28.7 Å². The first-order valence-corrected chi connectivity index (χ1v) is 8.69. The van der Waals surface area contributed by atoms with Gasteiger partial charge in [-0.05, 0) is 25.5 Å². The number of carbonyl (C=O) groups excluding carboxylic acids is 3. The quantitative estimate of drug-likeness (QED) is 0.554. The minimum absolute atomic E-state index is 0.0141. The maximum atomic E-state index is 12.9. The average molecular weight is 416 g/mol. The number of benzene rings is 2. The third-order valence-electron chi connectivity index (χ3n) is 4.98. The van der Waals surface area contributed by atoms with E-state index in [0.717, 1.165) is 7.11 Å². The lowest BCUT2D eigenvalue weighted by Gasteiger charge is -2.18. The van der Waals surface area contributed by atoms with Crippen LogP contribution in [0.15, 0.2) is 6.07 Å². The van der Waals surface area contributed by atoms with E-state index < -0.39 is 29.9 Å². The number of aryl methyl sites for hydroxylation is 1.